The topological polar surface area (TPSA) is 124 Å². The van der Waals surface area contributed by atoms with E-state index in [-0.39, 0.29) is 18.5 Å². The summed E-state index contributed by atoms with van der Waals surface area (Å²) < 4.78 is 36.8. The van der Waals surface area contributed by atoms with Crippen LogP contribution in [-0.2, 0) is 15.6 Å². The summed E-state index contributed by atoms with van der Waals surface area (Å²) >= 11 is 0. The van der Waals surface area contributed by atoms with Crippen LogP contribution in [0.15, 0.2) is 18.2 Å². The number of nitrogens with two attached hydrogens (primary N) is 3. The summed E-state index contributed by atoms with van der Waals surface area (Å²) in [6, 6.07) is 3.93. The summed E-state index contributed by atoms with van der Waals surface area (Å²) in [6.45, 7) is 2.00. The van der Waals surface area contributed by atoms with Gasteiger partial charge in [0.15, 0.2) is 0 Å². The molecule has 0 radical (unpaired) electrons. The first-order valence-corrected chi connectivity index (χ1v) is 7.74. The highest BCUT2D eigenvalue weighted by atomic mass is 32.2. The van der Waals surface area contributed by atoms with Crippen molar-refractivity contribution in [2.75, 3.05) is 18.8 Å². The van der Waals surface area contributed by atoms with Gasteiger partial charge in [-0.15, -0.1) is 0 Å². The number of anilines is 1. The smallest absolute Gasteiger partial charge is 0.218 e. The number of nitrogen functional groups attached to an aromatic ring is 1. The van der Waals surface area contributed by atoms with Gasteiger partial charge in [-0.1, -0.05) is 0 Å². The van der Waals surface area contributed by atoms with E-state index < -0.39 is 26.1 Å². The van der Waals surface area contributed by atoms with E-state index in [1.807, 2.05) is 0 Å². The average Bonchev–Trinajstić information content (AvgIpc) is 2.82. The van der Waals surface area contributed by atoms with Crippen LogP contribution in [0.4, 0.5) is 10.1 Å². The van der Waals surface area contributed by atoms with E-state index in [4.69, 9.17) is 16.6 Å². The van der Waals surface area contributed by atoms with E-state index in [1.165, 1.54) is 25.1 Å². The molecule has 1 saturated heterocycles. The summed E-state index contributed by atoms with van der Waals surface area (Å²) in [5.41, 5.74) is 10.8. The van der Waals surface area contributed by atoms with Crippen LogP contribution in [0, 0.1) is 5.82 Å². The zero-order valence-corrected chi connectivity index (χ0v) is 12.0. The lowest BCUT2D eigenvalue weighted by Gasteiger charge is -2.41. The van der Waals surface area contributed by atoms with Gasteiger partial charge in [0, 0.05) is 17.8 Å². The van der Waals surface area contributed by atoms with Crippen molar-refractivity contribution in [3.63, 3.8) is 0 Å². The van der Waals surface area contributed by atoms with E-state index in [9.17, 15) is 12.8 Å². The van der Waals surface area contributed by atoms with Crippen LogP contribution in [0.25, 0.3) is 0 Å². The maximum atomic E-state index is 14.1. The zero-order chi connectivity index (χ0) is 15.2. The standard InChI is InChI=1S/C12H19FN4O2S/c1-11(15,9-6-8(14)2-3-10(9)13)12(20(16,18)19)4-5-17-7-12/h2-3,6,17H,4-5,7,14-15H2,1H3,(H2,16,18,19)/t11-,12-/m1/s1. The summed E-state index contributed by atoms with van der Waals surface area (Å²) in [6.07, 6.45) is 0.215. The first-order valence-electron chi connectivity index (χ1n) is 6.19. The third-order valence-corrected chi connectivity index (χ3v) is 6.02. The molecule has 7 N–H and O–H groups in total. The molecule has 6 nitrogen and oxygen atoms in total. The minimum absolute atomic E-state index is 0.0511. The molecule has 0 spiro atoms. The molecule has 20 heavy (non-hydrogen) atoms. The Morgan fingerprint density at radius 3 is 2.60 bits per heavy atom. The minimum atomic E-state index is -3.99. The van der Waals surface area contributed by atoms with E-state index in [2.05, 4.69) is 5.32 Å². The van der Waals surface area contributed by atoms with Crippen molar-refractivity contribution in [2.45, 2.75) is 23.6 Å². The van der Waals surface area contributed by atoms with Gasteiger partial charge >= 0.3 is 0 Å². The van der Waals surface area contributed by atoms with Gasteiger partial charge in [-0.3, -0.25) is 0 Å². The number of hydrogen-bond donors (Lipinski definition) is 4. The molecule has 1 heterocycles. The maximum Gasteiger partial charge on any atom is 0.218 e. The quantitative estimate of drug-likeness (QED) is 0.566. The Morgan fingerprint density at radius 2 is 2.10 bits per heavy atom. The fourth-order valence-electron chi connectivity index (χ4n) is 2.84. The lowest BCUT2D eigenvalue weighted by Crippen LogP contribution is -2.63. The van der Waals surface area contributed by atoms with Crippen LogP contribution in [0.3, 0.4) is 0 Å². The summed E-state index contributed by atoms with van der Waals surface area (Å²) in [7, 11) is -3.99. The summed E-state index contributed by atoms with van der Waals surface area (Å²) in [4.78, 5) is 0. The van der Waals surface area contributed by atoms with E-state index >= 15 is 0 Å². The lowest BCUT2D eigenvalue weighted by molar-refractivity contribution is 0.330. The molecular weight excluding hydrogens is 283 g/mol. The predicted octanol–water partition coefficient (Wildman–Crippen LogP) is -0.398. The van der Waals surface area contributed by atoms with Gasteiger partial charge in [0.25, 0.3) is 0 Å². The Hall–Kier alpha value is -1.22. The van der Waals surface area contributed by atoms with Gasteiger partial charge in [0.05, 0.1) is 5.54 Å². The predicted molar refractivity (Wildman–Crippen MR) is 75.7 cm³/mol. The van der Waals surface area contributed by atoms with Crippen LogP contribution < -0.4 is 21.9 Å². The van der Waals surface area contributed by atoms with Crippen molar-refractivity contribution in [1.82, 2.24) is 5.32 Å². The van der Waals surface area contributed by atoms with Gasteiger partial charge in [-0.25, -0.2) is 17.9 Å². The summed E-state index contributed by atoms with van der Waals surface area (Å²) in [5, 5.41) is 8.32. The van der Waals surface area contributed by atoms with Gasteiger partial charge < -0.3 is 16.8 Å². The van der Waals surface area contributed by atoms with Gasteiger partial charge in [0.2, 0.25) is 10.0 Å². The van der Waals surface area contributed by atoms with Crippen LogP contribution in [0.2, 0.25) is 0 Å². The SMILES string of the molecule is C[C@@](N)(c1cc(N)ccc1F)[C@@]1(S(N)(=O)=O)CCNC1. The molecule has 1 aliphatic rings. The van der Waals surface area contributed by atoms with Gasteiger partial charge in [-0.05, 0) is 38.1 Å². The van der Waals surface area contributed by atoms with Gasteiger partial charge in [0.1, 0.15) is 10.6 Å². The fraction of sp³-hybridized carbons (Fsp3) is 0.500. The molecule has 0 saturated carbocycles. The number of halogens is 1. The molecule has 1 aromatic carbocycles. The number of hydrogen-bond acceptors (Lipinski definition) is 5. The van der Waals surface area contributed by atoms with Crippen molar-refractivity contribution in [1.29, 1.82) is 0 Å². The van der Waals surface area contributed by atoms with Crippen molar-refractivity contribution >= 4 is 15.7 Å². The Bertz CT molecular complexity index is 624. The molecule has 0 unspecified atom stereocenters. The molecule has 0 amide bonds. The third kappa shape index (κ3) is 2.08. The normalized spacial score (nSPS) is 26.4. The second-order valence-electron chi connectivity index (χ2n) is 5.41. The highest BCUT2D eigenvalue weighted by Crippen LogP contribution is 2.41. The van der Waals surface area contributed by atoms with Crippen LogP contribution in [0.5, 0.6) is 0 Å². The van der Waals surface area contributed by atoms with E-state index in [0.29, 0.717) is 12.2 Å². The lowest BCUT2D eigenvalue weighted by atomic mass is 9.78. The van der Waals surface area contributed by atoms with Crippen LogP contribution in [-0.4, -0.2) is 26.3 Å². The zero-order valence-electron chi connectivity index (χ0n) is 11.2. The Balaban J connectivity index is 2.66. The molecule has 0 bridgehead atoms. The number of sulfonamides is 1. The maximum absolute atomic E-state index is 14.1. The monoisotopic (exact) mass is 302 g/mol. The van der Waals surface area contributed by atoms with Crippen LogP contribution >= 0.6 is 0 Å². The van der Waals surface area contributed by atoms with Crippen molar-refractivity contribution in [3.05, 3.63) is 29.6 Å². The molecule has 1 aliphatic heterocycles. The molecule has 8 heteroatoms. The highest BCUT2D eigenvalue weighted by Gasteiger charge is 2.57. The Morgan fingerprint density at radius 1 is 1.45 bits per heavy atom. The number of primary sulfonamides is 1. The fourth-order valence-corrected chi connectivity index (χ4v) is 4.23. The first kappa shape index (κ1) is 15.2. The summed E-state index contributed by atoms with van der Waals surface area (Å²) in [5.74, 6) is -0.598. The molecular formula is C12H19FN4O2S. The second kappa shape index (κ2) is 4.66. The molecule has 2 atom stereocenters. The van der Waals surface area contributed by atoms with E-state index in [1.54, 1.807) is 0 Å². The molecule has 0 aliphatic carbocycles. The van der Waals surface area contributed by atoms with Crippen molar-refractivity contribution in [2.24, 2.45) is 10.9 Å². The van der Waals surface area contributed by atoms with Crippen LogP contribution in [0.1, 0.15) is 18.9 Å². The molecule has 2 rings (SSSR count). The largest absolute Gasteiger partial charge is 0.399 e. The van der Waals surface area contributed by atoms with Crippen molar-refractivity contribution in [3.8, 4) is 0 Å². The number of nitrogens with one attached hydrogen (secondary N) is 1. The first-order chi connectivity index (χ1) is 9.12. The van der Waals surface area contributed by atoms with E-state index in [0.717, 1.165) is 0 Å². The molecule has 1 fully saturated rings. The Kier molecular flexibility index (Phi) is 3.53. The molecule has 1 aromatic rings. The average molecular weight is 302 g/mol. The number of benzene rings is 1. The molecule has 0 aromatic heterocycles. The Labute approximate surface area is 117 Å². The molecule has 112 valence electrons. The van der Waals surface area contributed by atoms with Gasteiger partial charge in [-0.2, -0.15) is 0 Å². The second-order valence-corrected chi connectivity index (χ2v) is 7.28. The highest BCUT2D eigenvalue weighted by molar-refractivity contribution is 7.90. The third-order valence-electron chi connectivity index (χ3n) is 4.16. The minimum Gasteiger partial charge on any atom is -0.399 e. The number of rotatable bonds is 3. The van der Waals surface area contributed by atoms with Crippen molar-refractivity contribution < 1.29 is 12.8 Å².